The number of hydrogen-bond acceptors (Lipinski definition) is 4. The summed E-state index contributed by atoms with van der Waals surface area (Å²) < 4.78 is 0. The molecule has 0 radical (unpaired) electrons. The Kier molecular flexibility index (Phi) is 4.76. The van der Waals surface area contributed by atoms with E-state index in [1.807, 2.05) is 0 Å². The van der Waals surface area contributed by atoms with E-state index in [9.17, 15) is 9.59 Å². The maximum Gasteiger partial charge on any atom is 0.328 e. The quantitative estimate of drug-likeness (QED) is 0.811. The van der Waals surface area contributed by atoms with E-state index in [0.717, 1.165) is 6.08 Å². The topological polar surface area (TPSA) is 92.2 Å². The number of rotatable bonds is 5. The van der Waals surface area contributed by atoms with Crippen molar-refractivity contribution in [3.05, 3.63) is 65.5 Å². The lowest BCUT2D eigenvalue weighted by molar-refractivity contribution is -0.131. The van der Waals surface area contributed by atoms with Crippen LogP contribution in [0.1, 0.15) is 21.6 Å². The van der Waals surface area contributed by atoms with Gasteiger partial charge in [-0.2, -0.15) is 10.2 Å². The van der Waals surface area contributed by atoms with E-state index in [1.165, 1.54) is 6.08 Å². The predicted molar refractivity (Wildman–Crippen MR) is 76.3 cm³/mol. The molecule has 106 valence electrons. The number of carboxylic acid groups (broad SMARTS) is 1. The monoisotopic (exact) mass is 283 g/mol. The van der Waals surface area contributed by atoms with Crippen molar-refractivity contribution in [3.8, 4) is 0 Å². The van der Waals surface area contributed by atoms with Gasteiger partial charge in [-0.3, -0.25) is 4.79 Å². The summed E-state index contributed by atoms with van der Waals surface area (Å²) in [5.74, 6) is -1.24. The van der Waals surface area contributed by atoms with Crippen molar-refractivity contribution in [2.45, 2.75) is 6.54 Å². The van der Waals surface area contributed by atoms with Gasteiger partial charge in [-0.25, -0.2) is 4.79 Å². The van der Waals surface area contributed by atoms with Crippen LogP contribution in [0.3, 0.4) is 0 Å². The van der Waals surface area contributed by atoms with E-state index < -0.39 is 5.97 Å². The lowest BCUT2D eigenvalue weighted by atomic mass is 10.1. The van der Waals surface area contributed by atoms with Gasteiger partial charge in [-0.05, 0) is 35.9 Å². The zero-order valence-corrected chi connectivity index (χ0v) is 11.1. The molecule has 0 aliphatic carbocycles. The van der Waals surface area contributed by atoms with Gasteiger partial charge in [-0.15, -0.1) is 0 Å². The minimum absolute atomic E-state index is 0.227. The second-order valence-corrected chi connectivity index (χ2v) is 4.19. The largest absolute Gasteiger partial charge is 0.478 e. The van der Waals surface area contributed by atoms with Crippen LogP contribution in [0, 0.1) is 0 Å². The van der Waals surface area contributed by atoms with Gasteiger partial charge in [0.1, 0.15) is 0 Å². The molecule has 1 aromatic heterocycles. The van der Waals surface area contributed by atoms with Crippen LogP contribution in [-0.4, -0.2) is 27.2 Å². The number of nitrogens with zero attached hydrogens (tertiary/aromatic N) is 2. The second-order valence-electron chi connectivity index (χ2n) is 4.19. The fourth-order valence-corrected chi connectivity index (χ4v) is 1.61. The lowest BCUT2D eigenvalue weighted by Gasteiger charge is -2.04. The Labute approximate surface area is 121 Å². The number of hydrogen-bond donors (Lipinski definition) is 2. The van der Waals surface area contributed by atoms with Crippen LogP contribution >= 0.6 is 0 Å². The summed E-state index contributed by atoms with van der Waals surface area (Å²) in [6, 6.07) is 10.1. The van der Waals surface area contributed by atoms with Gasteiger partial charge in [0.15, 0.2) is 0 Å². The third-order valence-electron chi connectivity index (χ3n) is 2.65. The van der Waals surface area contributed by atoms with Crippen LogP contribution in [0.5, 0.6) is 0 Å². The SMILES string of the molecule is O=C(O)/C=C/c1ccc(C(=O)NCc2cccnn2)cc1. The third kappa shape index (κ3) is 4.54. The normalized spacial score (nSPS) is 10.5. The Bertz CT molecular complexity index is 652. The van der Waals surface area contributed by atoms with Crippen molar-refractivity contribution in [2.24, 2.45) is 0 Å². The van der Waals surface area contributed by atoms with Crippen LogP contribution in [0.4, 0.5) is 0 Å². The lowest BCUT2D eigenvalue weighted by Crippen LogP contribution is -2.23. The maximum atomic E-state index is 11.9. The average Bonchev–Trinajstić information content (AvgIpc) is 2.52. The molecule has 6 heteroatoms. The number of benzene rings is 1. The van der Waals surface area contributed by atoms with Gasteiger partial charge in [0.05, 0.1) is 12.2 Å². The van der Waals surface area contributed by atoms with Crippen LogP contribution in [0.2, 0.25) is 0 Å². The van der Waals surface area contributed by atoms with Crippen LogP contribution in [0.25, 0.3) is 6.08 Å². The summed E-state index contributed by atoms with van der Waals surface area (Å²) in [7, 11) is 0. The van der Waals surface area contributed by atoms with Crippen molar-refractivity contribution < 1.29 is 14.7 Å². The maximum absolute atomic E-state index is 11.9. The molecule has 2 rings (SSSR count). The number of nitrogens with one attached hydrogen (secondary N) is 1. The zero-order chi connectivity index (χ0) is 15.1. The number of carbonyl (C=O) groups is 2. The molecule has 2 N–H and O–H groups in total. The molecule has 6 nitrogen and oxygen atoms in total. The molecule has 0 unspecified atom stereocenters. The number of amides is 1. The predicted octanol–water partition coefficient (Wildman–Crippen LogP) is 1.50. The summed E-state index contributed by atoms with van der Waals surface area (Å²) in [6.07, 6.45) is 4.07. The molecule has 0 spiro atoms. The van der Waals surface area contributed by atoms with Gasteiger partial charge in [0.2, 0.25) is 0 Å². The molecule has 0 saturated heterocycles. The molecule has 1 aromatic carbocycles. The molecule has 21 heavy (non-hydrogen) atoms. The van der Waals surface area contributed by atoms with Crippen LogP contribution in [-0.2, 0) is 11.3 Å². The molecule has 1 amide bonds. The Balaban J connectivity index is 1.95. The molecular weight excluding hydrogens is 270 g/mol. The van der Waals surface area contributed by atoms with Gasteiger partial charge < -0.3 is 10.4 Å². The first-order valence-corrected chi connectivity index (χ1v) is 6.21. The highest BCUT2D eigenvalue weighted by Crippen LogP contribution is 2.06. The fraction of sp³-hybridized carbons (Fsp3) is 0.0667. The van der Waals surface area contributed by atoms with Crippen LogP contribution < -0.4 is 5.32 Å². The van der Waals surface area contributed by atoms with Gasteiger partial charge in [-0.1, -0.05) is 12.1 Å². The van der Waals surface area contributed by atoms with Crippen molar-refractivity contribution in [3.63, 3.8) is 0 Å². The van der Waals surface area contributed by atoms with Gasteiger partial charge in [0, 0.05) is 17.8 Å². The summed E-state index contributed by atoms with van der Waals surface area (Å²) in [5, 5.41) is 18.9. The van der Waals surface area contributed by atoms with E-state index in [1.54, 1.807) is 42.6 Å². The first kappa shape index (κ1) is 14.4. The molecule has 0 aliphatic heterocycles. The van der Waals surface area contributed by atoms with Crippen molar-refractivity contribution in [1.82, 2.24) is 15.5 Å². The average molecular weight is 283 g/mol. The number of carboxylic acids is 1. The Hall–Kier alpha value is -3.02. The molecule has 0 aliphatic rings. The van der Waals surface area contributed by atoms with E-state index >= 15 is 0 Å². The first-order valence-electron chi connectivity index (χ1n) is 6.21. The fourth-order valence-electron chi connectivity index (χ4n) is 1.61. The minimum Gasteiger partial charge on any atom is -0.478 e. The summed E-state index contributed by atoms with van der Waals surface area (Å²) in [6.45, 7) is 0.299. The number of aromatic nitrogens is 2. The second kappa shape index (κ2) is 6.95. The summed E-state index contributed by atoms with van der Waals surface area (Å²) >= 11 is 0. The Morgan fingerprint density at radius 2 is 1.95 bits per heavy atom. The molecule has 1 heterocycles. The molecule has 0 saturated carbocycles. The minimum atomic E-state index is -1.01. The van der Waals surface area contributed by atoms with Gasteiger partial charge in [0.25, 0.3) is 5.91 Å². The Morgan fingerprint density at radius 3 is 2.57 bits per heavy atom. The molecule has 0 fully saturated rings. The van der Waals surface area contributed by atoms with Gasteiger partial charge >= 0.3 is 5.97 Å². The molecular formula is C15H13N3O3. The van der Waals surface area contributed by atoms with E-state index in [0.29, 0.717) is 23.4 Å². The molecule has 2 aromatic rings. The van der Waals surface area contributed by atoms with Crippen molar-refractivity contribution >= 4 is 18.0 Å². The van der Waals surface area contributed by atoms with Crippen LogP contribution in [0.15, 0.2) is 48.7 Å². The highest BCUT2D eigenvalue weighted by atomic mass is 16.4. The van der Waals surface area contributed by atoms with Crippen molar-refractivity contribution in [2.75, 3.05) is 0 Å². The Morgan fingerprint density at radius 1 is 1.19 bits per heavy atom. The molecule has 0 bridgehead atoms. The molecule has 0 atom stereocenters. The summed E-state index contributed by atoms with van der Waals surface area (Å²) in [4.78, 5) is 22.3. The standard InChI is InChI=1S/C15H13N3O3/c19-14(20)8-5-11-3-6-12(7-4-11)15(21)16-10-13-2-1-9-17-18-13/h1-9H,10H2,(H,16,21)(H,19,20)/b8-5+. The highest BCUT2D eigenvalue weighted by molar-refractivity contribution is 5.94. The zero-order valence-electron chi connectivity index (χ0n) is 11.1. The highest BCUT2D eigenvalue weighted by Gasteiger charge is 2.05. The smallest absolute Gasteiger partial charge is 0.328 e. The van der Waals surface area contributed by atoms with E-state index in [2.05, 4.69) is 15.5 Å². The first-order chi connectivity index (χ1) is 10.1. The van der Waals surface area contributed by atoms with E-state index in [4.69, 9.17) is 5.11 Å². The summed E-state index contributed by atoms with van der Waals surface area (Å²) in [5.41, 5.74) is 1.88. The number of aliphatic carboxylic acids is 1. The third-order valence-corrected chi connectivity index (χ3v) is 2.65. The van der Waals surface area contributed by atoms with Crippen molar-refractivity contribution in [1.29, 1.82) is 0 Å². The number of carbonyl (C=O) groups excluding carboxylic acids is 1. The van der Waals surface area contributed by atoms with E-state index in [-0.39, 0.29) is 5.91 Å².